The van der Waals surface area contributed by atoms with Gasteiger partial charge in [0.25, 0.3) is 0 Å². The Balaban J connectivity index is 1.71. The lowest BCUT2D eigenvalue weighted by Crippen LogP contribution is -2.33. The highest BCUT2D eigenvalue weighted by Gasteiger charge is 2.22. The Bertz CT molecular complexity index is 847. The van der Waals surface area contributed by atoms with Crippen LogP contribution in [0.15, 0.2) is 59.1 Å². The maximum Gasteiger partial charge on any atom is 0.249 e. The number of hydrogen-bond acceptors (Lipinski definition) is 4. The molecule has 0 saturated heterocycles. The van der Waals surface area contributed by atoms with E-state index in [-0.39, 0.29) is 5.91 Å². The second-order valence-corrected chi connectivity index (χ2v) is 6.71. The zero-order valence-corrected chi connectivity index (χ0v) is 15.6. The average Bonchev–Trinajstić information content (AvgIpc) is 3.12. The summed E-state index contributed by atoms with van der Waals surface area (Å²) < 4.78 is 0.981. The summed E-state index contributed by atoms with van der Waals surface area (Å²) in [6, 6.07) is 17.0. The third kappa shape index (κ3) is 4.11. The molecule has 25 heavy (non-hydrogen) atoms. The monoisotopic (exact) mass is 399 g/mol. The van der Waals surface area contributed by atoms with Crippen LogP contribution in [-0.4, -0.2) is 38.1 Å². The van der Waals surface area contributed by atoms with Gasteiger partial charge in [-0.2, -0.15) is 4.80 Å². The molecule has 6 nitrogen and oxygen atoms in total. The number of tetrazole rings is 1. The van der Waals surface area contributed by atoms with Gasteiger partial charge in [-0.3, -0.25) is 4.79 Å². The van der Waals surface area contributed by atoms with Gasteiger partial charge < -0.3 is 4.90 Å². The highest BCUT2D eigenvalue weighted by molar-refractivity contribution is 9.10. The van der Waals surface area contributed by atoms with E-state index in [1.54, 1.807) is 18.9 Å². The van der Waals surface area contributed by atoms with Gasteiger partial charge in [0.2, 0.25) is 11.7 Å². The summed E-state index contributed by atoms with van der Waals surface area (Å²) in [5.41, 5.74) is 1.93. The van der Waals surface area contributed by atoms with Crippen LogP contribution < -0.4 is 0 Å². The summed E-state index contributed by atoms with van der Waals surface area (Å²) in [4.78, 5) is 15.7. The molecule has 0 unspecified atom stereocenters. The largest absolute Gasteiger partial charge is 0.340 e. The molecule has 0 bridgehead atoms. The maximum atomic E-state index is 12.6. The molecule has 7 heteroatoms. The SMILES string of the molecule is C[C@@H](C(=O)N(C)Cc1ccccc1)n1nnc(-c2ccc(Br)cc2)n1. The van der Waals surface area contributed by atoms with Crippen molar-refractivity contribution in [2.45, 2.75) is 19.5 Å². The normalized spacial score (nSPS) is 12.0. The lowest BCUT2D eigenvalue weighted by atomic mass is 10.2. The summed E-state index contributed by atoms with van der Waals surface area (Å²) in [7, 11) is 1.78. The number of carbonyl (C=O) groups is 1. The minimum absolute atomic E-state index is 0.0661. The molecule has 1 atom stereocenters. The van der Waals surface area contributed by atoms with Gasteiger partial charge in [0.15, 0.2) is 0 Å². The first-order valence-corrected chi connectivity index (χ1v) is 8.68. The molecule has 3 aromatic rings. The summed E-state index contributed by atoms with van der Waals surface area (Å²) in [5.74, 6) is 0.432. The molecular weight excluding hydrogens is 382 g/mol. The second kappa shape index (κ2) is 7.57. The number of carbonyl (C=O) groups excluding carboxylic acids is 1. The zero-order chi connectivity index (χ0) is 17.8. The van der Waals surface area contributed by atoms with E-state index in [2.05, 4.69) is 31.3 Å². The molecule has 0 aliphatic carbocycles. The number of benzene rings is 2. The van der Waals surface area contributed by atoms with Crippen molar-refractivity contribution in [3.63, 3.8) is 0 Å². The summed E-state index contributed by atoms with van der Waals surface area (Å²) >= 11 is 3.40. The molecule has 1 heterocycles. The number of likely N-dealkylation sites (N-methyl/N-ethyl adjacent to an activating group) is 1. The minimum Gasteiger partial charge on any atom is -0.340 e. The Morgan fingerprint density at radius 1 is 1.16 bits per heavy atom. The maximum absolute atomic E-state index is 12.6. The number of aromatic nitrogens is 4. The van der Waals surface area contributed by atoms with Gasteiger partial charge in [0, 0.05) is 23.6 Å². The van der Waals surface area contributed by atoms with Crippen LogP contribution in [0.5, 0.6) is 0 Å². The van der Waals surface area contributed by atoms with Crippen molar-refractivity contribution in [1.82, 2.24) is 25.1 Å². The Kier molecular flexibility index (Phi) is 5.23. The van der Waals surface area contributed by atoms with Crippen LogP contribution in [0, 0.1) is 0 Å². The number of halogens is 1. The lowest BCUT2D eigenvalue weighted by molar-refractivity contribution is -0.134. The van der Waals surface area contributed by atoms with Gasteiger partial charge in [-0.05, 0) is 42.0 Å². The third-order valence-corrected chi connectivity index (χ3v) is 4.40. The average molecular weight is 400 g/mol. The summed E-state index contributed by atoms with van der Waals surface area (Å²) in [5, 5.41) is 12.5. The van der Waals surface area contributed by atoms with E-state index in [9.17, 15) is 4.79 Å². The molecule has 0 fully saturated rings. The molecule has 0 radical (unpaired) electrons. The van der Waals surface area contributed by atoms with Crippen LogP contribution in [0.1, 0.15) is 18.5 Å². The Hall–Kier alpha value is -2.54. The number of amides is 1. The van der Waals surface area contributed by atoms with Crippen LogP contribution in [0.25, 0.3) is 11.4 Å². The van der Waals surface area contributed by atoms with E-state index in [1.165, 1.54) is 4.80 Å². The minimum atomic E-state index is -0.523. The molecular formula is C18H18BrN5O. The first kappa shape index (κ1) is 17.3. The zero-order valence-electron chi connectivity index (χ0n) is 14.0. The molecule has 3 rings (SSSR count). The lowest BCUT2D eigenvalue weighted by Gasteiger charge is -2.20. The van der Waals surface area contributed by atoms with E-state index in [1.807, 2.05) is 54.6 Å². The topological polar surface area (TPSA) is 63.9 Å². The molecule has 0 aliphatic rings. The van der Waals surface area contributed by atoms with Gasteiger partial charge in [0.05, 0.1) is 0 Å². The first-order chi connectivity index (χ1) is 12.0. The van der Waals surface area contributed by atoms with Crippen molar-refractivity contribution in [1.29, 1.82) is 0 Å². The van der Waals surface area contributed by atoms with Crippen LogP contribution >= 0.6 is 15.9 Å². The number of hydrogen-bond donors (Lipinski definition) is 0. The molecule has 0 aliphatic heterocycles. The van der Waals surface area contributed by atoms with Gasteiger partial charge in [-0.15, -0.1) is 10.2 Å². The van der Waals surface area contributed by atoms with Crippen molar-refractivity contribution in [2.75, 3.05) is 7.05 Å². The van der Waals surface area contributed by atoms with Gasteiger partial charge in [-0.1, -0.05) is 46.3 Å². The van der Waals surface area contributed by atoms with Crippen molar-refractivity contribution in [3.05, 3.63) is 64.6 Å². The van der Waals surface area contributed by atoms with Crippen molar-refractivity contribution in [3.8, 4) is 11.4 Å². The fraction of sp³-hybridized carbons (Fsp3) is 0.222. The van der Waals surface area contributed by atoms with Crippen molar-refractivity contribution >= 4 is 21.8 Å². The van der Waals surface area contributed by atoms with E-state index >= 15 is 0 Å². The third-order valence-electron chi connectivity index (χ3n) is 3.87. The Labute approximate surface area is 154 Å². The van der Waals surface area contributed by atoms with E-state index in [0.29, 0.717) is 12.4 Å². The molecule has 0 saturated carbocycles. The van der Waals surface area contributed by atoms with Crippen molar-refractivity contribution in [2.24, 2.45) is 0 Å². The van der Waals surface area contributed by atoms with Crippen molar-refractivity contribution < 1.29 is 4.79 Å². The van der Waals surface area contributed by atoms with E-state index < -0.39 is 6.04 Å². The highest BCUT2D eigenvalue weighted by Crippen LogP contribution is 2.18. The Morgan fingerprint density at radius 2 is 1.84 bits per heavy atom. The standard InChI is InChI=1S/C18H18BrN5O/c1-13(18(25)23(2)12-14-6-4-3-5-7-14)24-21-17(20-22-24)15-8-10-16(19)11-9-15/h3-11,13H,12H2,1-2H3/t13-/m0/s1. The molecule has 128 valence electrons. The van der Waals surface area contributed by atoms with Gasteiger partial charge >= 0.3 is 0 Å². The molecule has 1 amide bonds. The summed E-state index contributed by atoms with van der Waals surface area (Å²) in [6.45, 7) is 2.31. The molecule has 2 aromatic carbocycles. The fourth-order valence-corrected chi connectivity index (χ4v) is 2.72. The predicted octanol–water partition coefficient (Wildman–Crippen LogP) is 3.32. The van der Waals surface area contributed by atoms with Crippen LogP contribution in [0.4, 0.5) is 0 Å². The quantitative estimate of drug-likeness (QED) is 0.659. The van der Waals surface area contributed by atoms with Crippen LogP contribution in [-0.2, 0) is 11.3 Å². The predicted molar refractivity (Wildman–Crippen MR) is 98.6 cm³/mol. The van der Waals surface area contributed by atoms with Crippen LogP contribution in [0.3, 0.4) is 0 Å². The fourth-order valence-electron chi connectivity index (χ4n) is 2.46. The summed E-state index contributed by atoms with van der Waals surface area (Å²) in [6.07, 6.45) is 0. The van der Waals surface area contributed by atoms with Gasteiger partial charge in [0.1, 0.15) is 6.04 Å². The molecule has 0 N–H and O–H groups in total. The smallest absolute Gasteiger partial charge is 0.249 e. The number of rotatable bonds is 5. The Morgan fingerprint density at radius 3 is 2.52 bits per heavy atom. The highest BCUT2D eigenvalue weighted by atomic mass is 79.9. The number of nitrogens with zero attached hydrogens (tertiary/aromatic N) is 5. The van der Waals surface area contributed by atoms with Crippen LogP contribution in [0.2, 0.25) is 0 Å². The van der Waals surface area contributed by atoms with E-state index in [4.69, 9.17) is 0 Å². The van der Waals surface area contributed by atoms with Gasteiger partial charge in [-0.25, -0.2) is 0 Å². The van der Waals surface area contributed by atoms with E-state index in [0.717, 1.165) is 15.6 Å². The molecule has 0 spiro atoms. The second-order valence-electron chi connectivity index (χ2n) is 5.80. The first-order valence-electron chi connectivity index (χ1n) is 7.89. The molecule has 1 aromatic heterocycles.